The third-order valence-corrected chi connectivity index (χ3v) is 5.70. The molecule has 0 radical (unpaired) electrons. The van der Waals surface area contributed by atoms with Gasteiger partial charge in [-0.25, -0.2) is 4.98 Å². The molecule has 29 heavy (non-hydrogen) atoms. The van der Waals surface area contributed by atoms with Gasteiger partial charge in [-0.3, -0.25) is 23.6 Å². The molecule has 150 valence electrons. The summed E-state index contributed by atoms with van der Waals surface area (Å²) in [5.74, 6) is -1.36. The Morgan fingerprint density at radius 2 is 2.17 bits per heavy atom. The van der Waals surface area contributed by atoms with E-state index in [0.29, 0.717) is 27.3 Å². The Hall–Kier alpha value is -3.27. The number of nitrogens with one attached hydrogen (secondary N) is 1. The van der Waals surface area contributed by atoms with Crippen molar-refractivity contribution in [1.82, 2.24) is 19.6 Å². The van der Waals surface area contributed by atoms with E-state index in [0.717, 1.165) is 11.3 Å². The van der Waals surface area contributed by atoms with Gasteiger partial charge in [0.25, 0.3) is 11.5 Å². The minimum atomic E-state index is -0.950. The molecule has 10 heteroatoms. The number of esters is 1. The smallest absolute Gasteiger partial charge is 0.308 e. The van der Waals surface area contributed by atoms with Gasteiger partial charge in [-0.05, 0) is 25.1 Å². The van der Waals surface area contributed by atoms with E-state index in [9.17, 15) is 19.2 Å². The standard InChI is InChI=1S/C19H18N4O5S/c1-2-28-15(24)10-12-16(25)20-6-8-22(12)19(27)13-9-11-17(29-13)21-14-5-3-4-7-23(14)18(11)26/h3-5,7,9,12H,2,6,8,10H2,1H3,(H,20,25)/t12-/m0/s1. The first kappa shape index (κ1) is 19.1. The zero-order valence-corrected chi connectivity index (χ0v) is 16.4. The largest absolute Gasteiger partial charge is 0.466 e. The van der Waals surface area contributed by atoms with Crippen LogP contribution in [-0.2, 0) is 14.3 Å². The van der Waals surface area contributed by atoms with Gasteiger partial charge in [0.2, 0.25) is 5.91 Å². The number of carbonyl (C=O) groups is 3. The quantitative estimate of drug-likeness (QED) is 0.633. The zero-order valence-electron chi connectivity index (χ0n) is 15.6. The average Bonchev–Trinajstić information content (AvgIpc) is 3.14. The van der Waals surface area contributed by atoms with Gasteiger partial charge in [-0.2, -0.15) is 0 Å². The van der Waals surface area contributed by atoms with Crippen LogP contribution in [0.3, 0.4) is 0 Å². The van der Waals surface area contributed by atoms with E-state index >= 15 is 0 Å². The Morgan fingerprint density at radius 3 is 2.97 bits per heavy atom. The van der Waals surface area contributed by atoms with Crippen molar-refractivity contribution in [2.24, 2.45) is 0 Å². The number of carbonyl (C=O) groups excluding carboxylic acids is 3. The number of ether oxygens (including phenoxy) is 1. The highest BCUT2D eigenvalue weighted by Crippen LogP contribution is 2.25. The van der Waals surface area contributed by atoms with E-state index in [1.165, 1.54) is 15.4 Å². The van der Waals surface area contributed by atoms with Crippen LogP contribution < -0.4 is 10.9 Å². The van der Waals surface area contributed by atoms with Gasteiger partial charge in [0.05, 0.1) is 23.3 Å². The lowest BCUT2D eigenvalue weighted by Gasteiger charge is -2.34. The summed E-state index contributed by atoms with van der Waals surface area (Å²) in [6, 6.07) is 5.78. The molecular weight excluding hydrogens is 396 g/mol. The van der Waals surface area contributed by atoms with Crippen molar-refractivity contribution in [3.05, 3.63) is 45.7 Å². The van der Waals surface area contributed by atoms with E-state index in [4.69, 9.17) is 4.74 Å². The van der Waals surface area contributed by atoms with Crippen molar-refractivity contribution in [3.63, 3.8) is 0 Å². The lowest BCUT2D eigenvalue weighted by atomic mass is 10.1. The molecule has 1 N–H and O–H groups in total. The topological polar surface area (TPSA) is 110 Å². The molecule has 3 aromatic rings. The van der Waals surface area contributed by atoms with Crippen LogP contribution in [0.4, 0.5) is 0 Å². The van der Waals surface area contributed by atoms with Crippen LogP contribution in [-0.4, -0.2) is 57.8 Å². The molecule has 0 saturated carbocycles. The van der Waals surface area contributed by atoms with Gasteiger partial charge in [0.1, 0.15) is 16.5 Å². The van der Waals surface area contributed by atoms with Crippen LogP contribution in [0.1, 0.15) is 23.0 Å². The maximum absolute atomic E-state index is 13.1. The molecule has 1 aliphatic heterocycles. The number of fused-ring (bicyclic) bond motifs is 2. The molecule has 1 atom stereocenters. The number of nitrogens with zero attached hydrogens (tertiary/aromatic N) is 3. The minimum absolute atomic E-state index is 0.195. The van der Waals surface area contributed by atoms with Crippen molar-refractivity contribution in [3.8, 4) is 0 Å². The number of thiophene rings is 1. The first-order valence-electron chi connectivity index (χ1n) is 9.15. The number of pyridine rings is 1. The lowest BCUT2D eigenvalue weighted by molar-refractivity contribution is -0.147. The van der Waals surface area contributed by atoms with Crippen LogP contribution in [0.5, 0.6) is 0 Å². The predicted octanol–water partition coefficient (Wildman–Crippen LogP) is 0.803. The fourth-order valence-electron chi connectivity index (χ4n) is 3.33. The normalized spacial score (nSPS) is 16.8. The van der Waals surface area contributed by atoms with Gasteiger partial charge in [-0.1, -0.05) is 6.07 Å². The summed E-state index contributed by atoms with van der Waals surface area (Å²) in [6.45, 7) is 2.42. The molecule has 0 bridgehead atoms. The van der Waals surface area contributed by atoms with E-state index in [1.54, 1.807) is 31.3 Å². The van der Waals surface area contributed by atoms with Crippen molar-refractivity contribution in [1.29, 1.82) is 0 Å². The summed E-state index contributed by atoms with van der Waals surface area (Å²) < 4.78 is 6.34. The molecule has 2 amide bonds. The summed E-state index contributed by atoms with van der Waals surface area (Å²) >= 11 is 1.10. The van der Waals surface area contributed by atoms with E-state index in [2.05, 4.69) is 10.3 Å². The molecule has 0 spiro atoms. The van der Waals surface area contributed by atoms with Crippen molar-refractivity contribution in [2.75, 3.05) is 19.7 Å². The Labute approximate surface area is 168 Å². The summed E-state index contributed by atoms with van der Waals surface area (Å²) in [5, 5.41) is 3.01. The molecule has 3 aromatic heterocycles. The van der Waals surface area contributed by atoms with Crippen molar-refractivity contribution < 1.29 is 19.1 Å². The molecule has 0 aromatic carbocycles. The molecular formula is C19H18N4O5S. The SMILES string of the molecule is CCOC(=O)C[C@H]1C(=O)NCCN1C(=O)c1cc2c(=O)n3ccccc3nc2s1. The van der Waals surface area contributed by atoms with Crippen LogP contribution in [0, 0.1) is 0 Å². The maximum Gasteiger partial charge on any atom is 0.308 e. The first-order chi connectivity index (χ1) is 14.0. The lowest BCUT2D eigenvalue weighted by Crippen LogP contribution is -2.57. The minimum Gasteiger partial charge on any atom is -0.466 e. The van der Waals surface area contributed by atoms with Crippen LogP contribution in [0.25, 0.3) is 15.9 Å². The fourth-order valence-corrected chi connectivity index (χ4v) is 4.32. The summed E-state index contributed by atoms with van der Waals surface area (Å²) in [6.07, 6.45) is 1.40. The summed E-state index contributed by atoms with van der Waals surface area (Å²) in [5.41, 5.74) is 0.226. The highest BCUT2D eigenvalue weighted by atomic mass is 32.1. The molecule has 9 nitrogen and oxygen atoms in total. The maximum atomic E-state index is 13.1. The number of hydrogen-bond donors (Lipinski definition) is 1. The fraction of sp³-hybridized carbons (Fsp3) is 0.316. The van der Waals surface area contributed by atoms with E-state index in [-0.39, 0.29) is 25.1 Å². The average molecular weight is 414 g/mol. The third kappa shape index (κ3) is 3.46. The molecule has 1 fully saturated rings. The molecule has 4 heterocycles. The second kappa shape index (κ2) is 7.63. The molecule has 1 saturated heterocycles. The van der Waals surface area contributed by atoms with Crippen molar-refractivity contribution >= 4 is 45.0 Å². The zero-order chi connectivity index (χ0) is 20.5. The number of piperazine rings is 1. The number of rotatable bonds is 4. The second-order valence-electron chi connectivity index (χ2n) is 6.49. The molecule has 0 aliphatic carbocycles. The van der Waals surface area contributed by atoms with Gasteiger partial charge >= 0.3 is 5.97 Å². The molecule has 1 aliphatic rings. The van der Waals surface area contributed by atoms with Crippen LogP contribution in [0.15, 0.2) is 35.3 Å². The number of aromatic nitrogens is 2. The van der Waals surface area contributed by atoms with Gasteiger partial charge < -0.3 is 15.0 Å². The van der Waals surface area contributed by atoms with Gasteiger partial charge in [-0.15, -0.1) is 11.3 Å². The Kier molecular flexibility index (Phi) is 5.01. The highest BCUT2D eigenvalue weighted by Gasteiger charge is 2.36. The second-order valence-corrected chi connectivity index (χ2v) is 7.52. The van der Waals surface area contributed by atoms with Gasteiger partial charge in [0.15, 0.2) is 0 Å². The third-order valence-electron chi connectivity index (χ3n) is 4.68. The Morgan fingerprint density at radius 1 is 1.34 bits per heavy atom. The monoisotopic (exact) mass is 414 g/mol. The predicted molar refractivity (Wildman–Crippen MR) is 106 cm³/mol. The number of amides is 2. The van der Waals surface area contributed by atoms with Gasteiger partial charge in [0, 0.05) is 19.3 Å². The Bertz CT molecular complexity index is 1180. The number of hydrogen-bond acceptors (Lipinski definition) is 7. The highest BCUT2D eigenvalue weighted by molar-refractivity contribution is 7.20. The Balaban J connectivity index is 1.70. The molecule has 4 rings (SSSR count). The van der Waals surface area contributed by atoms with E-state index in [1.807, 2.05) is 0 Å². The summed E-state index contributed by atoms with van der Waals surface area (Å²) in [7, 11) is 0. The molecule has 0 unspecified atom stereocenters. The summed E-state index contributed by atoms with van der Waals surface area (Å²) in [4.78, 5) is 56.6. The van der Waals surface area contributed by atoms with Crippen molar-refractivity contribution in [2.45, 2.75) is 19.4 Å². The van der Waals surface area contributed by atoms with Crippen LogP contribution >= 0.6 is 11.3 Å². The van der Waals surface area contributed by atoms with E-state index < -0.39 is 23.8 Å². The van der Waals surface area contributed by atoms with Crippen LogP contribution in [0.2, 0.25) is 0 Å². The first-order valence-corrected chi connectivity index (χ1v) is 9.96.